The zero-order valence-corrected chi connectivity index (χ0v) is 41.0. The van der Waals surface area contributed by atoms with Gasteiger partial charge in [-0.05, 0) is 113 Å². The molecule has 69 heavy (non-hydrogen) atoms. The highest BCUT2D eigenvalue weighted by Gasteiger charge is 2.76. The van der Waals surface area contributed by atoms with Gasteiger partial charge in [0.05, 0.1) is 56.1 Å². The Labute approximate surface area is 403 Å². The second kappa shape index (κ2) is 19.1. The Morgan fingerprint density at radius 3 is 2.01 bits per heavy atom. The summed E-state index contributed by atoms with van der Waals surface area (Å²) in [5, 5.41) is 109. The van der Waals surface area contributed by atoms with E-state index in [1.807, 2.05) is 6.92 Å². The van der Waals surface area contributed by atoms with E-state index in [9.17, 15) is 55.9 Å². The number of aliphatic hydroxyl groups excluding tert-OH is 10. The van der Waals surface area contributed by atoms with E-state index in [4.69, 9.17) is 37.9 Å². The lowest BCUT2D eigenvalue weighted by Gasteiger charge is -2.71. The number of carbonyl (C=O) groups excluding carboxylic acids is 2. The molecule has 20 nitrogen and oxygen atoms in total. The lowest BCUT2D eigenvalue weighted by molar-refractivity contribution is -0.361. The number of esters is 2. The molecule has 0 aromatic heterocycles. The molecule has 10 N–H and O–H groups in total. The number of carbonyl (C=O) groups is 2. The minimum atomic E-state index is -1.89. The van der Waals surface area contributed by atoms with Crippen LogP contribution in [0.15, 0.2) is 12.2 Å². The molecule has 0 aromatic carbocycles. The van der Waals surface area contributed by atoms with Crippen LogP contribution in [0.5, 0.6) is 0 Å². The van der Waals surface area contributed by atoms with Gasteiger partial charge in [0.2, 0.25) is 6.29 Å². The fraction of sp³-hybridized carbons (Fsp3) is 0.918. The normalized spacial score (nSPS) is 53.5. The Balaban J connectivity index is 0.987. The number of ether oxygens (including phenoxy) is 8. The summed E-state index contributed by atoms with van der Waals surface area (Å²) < 4.78 is 46.5. The second-order valence-corrected chi connectivity index (χ2v) is 23.1. The smallest absolute Gasteiger partial charge is 0.314 e. The average Bonchev–Trinajstić information content (AvgIpc) is 3.79. The molecule has 4 aliphatic carbocycles. The predicted octanol–water partition coefficient (Wildman–Crippen LogP) is -0.446. The number of hydrogen-bond acceptors (Lipinski definition) is 20. The quantitative estimate of drug-likeness (QED) is 0.0927. The third-order valence-corrected chi connectivity index (χ3v) is 19.4. The molecule has 8 rings (SSSR count). The lowest BCUT2D eigenvalue weighted by atomic mass is 9.33. The van der Waals surface area contributed by atoms with E-state index in [1.54, 1.807) is 0 Å². The fourth-order valence-electron chi connectivity index (χ4n) is 15.7. The first-order chi connectivity index (χ1) is 32.2. The third kappa shape index (κ3) is 8.36. The van der Waals surface area contributed by atoms with Crippen molar-refractivity contribution in [1.82, 2.24) is 0 Å². The van der Waals surface area contributed by atoms with Crippen LogP contribution in [0.2, 0.25) is 0 Å². The number of fused-ring (bicyclic) bond motifs is 7. The maximum atomic E-state index is 15.0. The first kappa shape index (κ1) is 53.3. The molecule has 0 spiro atoms. The highest BCUT2D eigenvalue weighted by molar-refractivity contribution is 5.78. The van der Waals surface area contributed by atoms with Crippen LogP contribution in [0.3, 0.4) is 0 Å². The molecule has 394 valence electrons. The Bertz CT molecular complexity index is 1900. The second-order valence-electron chi connectivity index (χ2n) is 23.1. The van der Waals surface area contributed by atoms with Gasteiger partial charge in [-0.3, -0.25) is 9.59 Å². The summed E-state index contributed by atoms with van der Waals surface area (Å²) in [7, 11) is 1.37. The van der Waals surface area contributed by atoms with Crippen molar-refractivity contribution in [1.29, 1.82) is 0 Å². The molecule has 8 fully saturated rings. The number of hydrogen-bond donors (Lipinski definition) is 10. The summed E-state index contributed by atoms with van der Waals surface area (Å²) in [6.45, 7) is 17.2. The molecule has 0 bridgehead atoms. The van der Waals surface area contributed by atoms with Gasteiger partial charge in [0.15, 0.2) is 12.6 Å². The molecule has 20 heteroatoms. The summed E-state index contributed by atoms with van der Waals surface area (Å²) >= 11 is 0. The number of allylic oxidation sites excluding steroid dienone is 1. The van der Waals surface area contributed by atoms with Gasteiger partial charge in [0.1, 0.15) is 67.1 Å². The Kier molecular flexibility index (Phi) is 14.7. The van der Waals surface area contributed by atoms with Crippen molar-refractivity contribution in [3.8, 4) is 0 Å². The number of aliphatic hydroxyl groups is 10. The van der Waals surface area contributed by atoms with Crippen molar-refractivity contribution in [2.45, 2.75) is 210 Å². The van der Waals surface area contributed by atoms with E-state index >= 15 is 4.79 Å². The molecule has 4 aliphatic heterocycles. The zero-order valence-electron chi connectivity index (χ0n) is 41.0. The monoisotopic (exact) mass is 987 g/mol. The predicted molar refractivity (Wildman–Crippen MR) is 237 cm³/mol. The SMILES string of the molecule is C=C(C)[C@@H]1CC[C@]2(C(=O)O[C@@H]3O[C@H](CO[C@@H]4O[C@H](CO)[C@@H](O[C@@H]5O[C@@H](C)[C@H](O)[C@@H](O)[C@H]5O)[C@H](O)[C@H]4O)C(O)[C@H](O)[C@H]3O)CC[C@]3(C)[C@H](C[C@@H](O)[C@@H]4[C@@]5(C)[C@@H](CC(=O)OC)OC(C)(C)[C@@H]5CC[C@]43C)[C@@H]12. The largest absolute Gasteiger partial charge is 0.469 e. The highest BCUT2D eigenvalue weighted by Crippen LogP contribution is 2.78. The standard InChI is InChI=1S/C49H78O20/c1-20(2)22-10-13-49(15-14-46(6)23(30(22)49)16-24(51)40-47(46,7)12-11-27-45(4,5)69-28(48(27,40)8)17-29(52)62-9)44(61)68-43-37(59)34(56)32(54)26(66-43)19-63-41-38(60)35(57)39(25(18-50)65-41)67-42-36(58)33(55)31(53)21(3)64-42/h21-28,30-43,50-51,53-60H,1,10-19H2,2-9H3/t21-,22-,23+,24+,25+,26+,27-,28+,30+,31-,32?,33+,34-,35+,36+,37+,38+,39+,40-,41+,42-,43-,46+,47+,48+,49-/m0/s1. The molecule has 4 saturated heterocycles. The number of methoxy groups -OCH3 is 1. The topological polar surface area (TPSA) is 310 Å². The van der Waals surface area contributed by atoms with Crippen molar-refractivity contribution in [3.63, 3.8) is 0 Å². The lowest BCUT2D eigenvalue weighted by Crippen LogP contribution is -2.69. The van der Waals surface area contributed by atoms with Crippen molar-refractivity contribution in [2.24, 2.45) is 51.2 Å². The maximum absolute atomic E-state index is 15.0. The van der Waals surface area contributed by atoms with E-state index in [1.165, 1.54) is 14.0 Å². The molecule has 0 amide bonds. The number of rotatable bonds is 11. The summed E-state index contributed by atoms with van der Waals surface area (Å²) in [4.78, 5) is 27.9. The van der Waals surface area contributed by atoms with Crippen LogP contribution in [0.25, 0.3) is 0 Å². The molecule has 8 aliphatic rings. The van der Waals surface area contributed by atoms with Crippen LogP contribution in [0, 0.1) is 51.2 Å². The Hall–Kier alpha value is -1.96. The van der Waals surface area contributed by atoms with Gasteiger partial charge in [-0.2, -0.15) is 0 Å². The van der Waals surface area contributed by atoms with Gasteiger partial charge in [-0.1, -0.05) is 32.9 Å². The summed E-state index contributed by atoms with van der Waals surface area (Å²) in [5.74, 6) is -1.80. The molecule has 4 heterocycles. The van der Waals surface area contributed by atoms with Gasteiger partial charge in [0, 0.05) is 5.41 Å². The van der Waals surface area contributed by atoms with Gasteiger partial charge in [0.25, 0.3) is 0 Å². The molecule has 26 atom stereocenters. The van der Waals surface area contributed by atoms with Crippen LogP contribution in [-0.2, 0) is 47.5 Å². The molecule has 0 radical (unpaired) electrons. The minimum absolute atomic E-state index is 0.0661. The van der Waals surface area contributed by atoms with Crippen LogP contribution in [-0.4, -0.2) is 193 Å². The van der Waals surface area contributed by atoms with Crippen LogP contribution >= 0.6 is 0 Å². The average molecular weight is 987 g/mol. The van der Waals surface area contributed by atoms with Gasteiger partial charge in [-0.25, -0.2) is 0 Å². The van der Waals surface area contributed by atoms with E-state index < -0.39 is 145 Å². The van der Waals surface area contributed by atoms with Gasteiger partial charge in [-0.15, -0.1) is 0 Å². The highest BCUT2D eigenvalue weighted by atomic mass is 16.8. The molecular weight excluding hydrogens is 909 g/mol. The van der Waals surface area contributed by atoms with Crippen LogP contribution in [0.4, 0.5) is 0 Å². The van der Waals surface area contributed by atoms with E-state index in [-0.39, 0.29) is 47.4 Å². The van der Waals surface area contributed by atoms with E-state index in [2.05, 4.69) is 41.2 Å². The van der Waals surface area contributed by atoms with Crippen molar-refractivity contribution in [2.75, 3.05) is 20.3 Å². The van der Waals surface area contributed by atoms with Crippen molar-refractivity contribution >= 4 is 11.9 Å². The zero-order chi connectivity index (χ0) is 50.7. The molecule has 4 saturated carbocycles. The van der Waals surface area contributed by atoms with Gasteiger partial charge >= 0.3 is 11.9 Å². The Morgan fingerprint density at radius 2 is 1.36 bits per heavy atom. The van der Waals surface area contributed by atoms with Crippen molar-refractivity contribution in [3.05, 3.63) is 12.2 Å². The maximum Gasteiger partial charge on any atom is 0.314 e. The minimum Gasteiger partial charge on any atom is -0.469 e. The summed E-state index contributed by atoms with van der Waals surface area (Å²) in [6, 6.07) is 0. The van der Waals surface area contributed by atoms with E-state index in [0.29, 0.717) is 32.1 Å². The summed E-state index contributed by atoms with van der Waals surface area (Å²) in [6.07, 6.45) is -21.7. The molecule has 1 unspecified atom stereocenters. The molecular formula is C49H78O20. The summed E-state index contributed by atoms with van der Waals surface area (Å²) in [5.41, 5.74) is -2.14. The van der Waals surface area contributed by atoms with Crippen LogP contribution < -0.4 is 0 Å². The first-order valence-electron chi connectivity index (χ1n) is 24.8. The molecule has 0 aromatic rings. The Morgan fingerprint density at radius 1 is 0.725 bits per heavy atom. The fourth-order valence-corrected chi connectivity index (χ4v) is 15.7. The first-order valence-corrected chi connectivity index (χ1v) is 24.8. The van der Waals surface area contributed by atoms with Gasteiger partial charge < -0.3 is 89.0 Å². The van der Waals surface area contributed by atoms with Crippen LogP contribution in [0.1, 0.15) is 99.8 Å². The van der Waals surface area contributed by atoms with Crippen molar-refractivity contribution < 1.29 is 98.5 Å². The van der Waals surface area contributed by atoms with E-state index in [0.717, 1.165) is 18.4 Å². The third-order valence-electron chi connectivity index (χ3n) is 19.4.